The van der Waals surface area contributed by atoms with Crippen LogP contribution >= 0.6 is 0 Å². The Morgan fingerprint density at radius 1 is 1.15 bits per heavy atom. The molecule has 0 amide bonds. The summed E-state index contributed by atoms with van der Waals surface area (Å²) in [6.07, 6.45) is 7.18. The highest BCUT2D eigenvalue weighted by Crippen LogP contribution is 2.25. The Kier molecular flexibility index (Phi) is 4.56. The van der Waals surface area contributed by atoms with Crippen molar-refractivity contribution in [3.8, 4) is 0 Å². The van der Waals surface area contributed by atoms with Crippen molar-refractivity contribution in [2.45, 2.75) is 38.5 Å². The summed E-state index contributed by atoms with van der Waals surface area (Å²) in [5.41, 5.74) is 1.95. The maximum absolute atomic E-state index is 14.3. The van der Waals surface area contributed by atoms with E-state index in [1.54, 1.807) is 6.07 Å². The van der Waals surface area contributed by atoms with Crippen molar-refractivity contribution in [1.29, 1.82) is 0 Å². The Balaban J connectivity index is 1.66. The third-order valence-corrected chi connectivity index (χ3v) is 4.63. The van der Waals surface area contributed by atoms with Crippen molar-refractivity contribution in [2.24, 2.45) is 5.92 Å². The number of rotatable bonds is 3. The summed E-state index contributed by atoms with van der Waals surface area (Å²) in [4.78, 5) is 2.20. The van der Waals surface area contributed by atoms with Gasteiger partial charge in [0.25, 0.3) is 0 Å². The first-order valence-corrected chi connectivity index (χ1v) is 8.07. The van der Waals surface area contributed by atoms with Crippen molar-refractivity contribution in [3.05, 3.63) is 29.6 Å². The topological polar surface area (TPSA) is 15.3 Å². The molecule has 2 aliphatic heterocycles. The predicted octanol–water partition coefficient (Wildman–Crippen LogP) is 3.36. The van der Waals surface area contributed by atoms with Crippen molar-refractivity contribution in [3.63, 3.8) is 0 Å². The van der Waals surface area contributed by atoms with E-state index in [0.29, 0.717) is 5.92 Å². The summed E-state index contributed by atoms with van der Waals surface area (Å²) in [6, 6.07) is 5.88. The molecule has 2 heterocycles. The van der Waals surface area contributed by atoms with Crippen LogP contribution < -0.4 is 10.2 Å². The number of benzene rings is 1. The van der Waals surface area contributed by atoms with Crippen LogP contribution in [0.2, 0.25) is 0 Å². The third kappa shape index (κ3) is 3.32. The number of nitrogens with zero attached hydrogens (tertiary/aromatic N) is 1. The molecule has 0 aromatic heterocycles. The molecule has 20 heavy (non-hydrogen) atoms. The van der Waals surface area contributed by atoms with Gasteiger partial charge in [0.15, 0.2) is 0 Å². The Hall–Kier alpha value is -1.09. The van der Waals surface area contributed by atoms with E-state index in [2.05, 4.69) is 16.3 Å². The lowest BCUT2D eigenvalue weighted by Crippen LogP contribution is -2.31. The molecule has 0 radical (unpaired) electrons. The SMILES string of the molecule is Fc1cc(CC2CCCNC2)ccc1N1CCCCC1. The van der Waals surface area contributed by atoms with Gasteiger partial charge in [-0.3, -0.25) is 0 Å². The average molecular weight is 276 g/mol. The highest BCUT2D eigenvalue weighted by atomic mass is 19.1. The van der Waals surface area contributed by atoms with Gasteiger partial charge < -0.3 is 10.2 Å². The molecule has 2 saturated heterocycles. The molecule has 0 bridgehead atoms. The second-order valence-corrected chi connectivity index (χ2v) is 6.25. The Bertz CT molecular complexity index is 435. The molecule has 0 aliphatic carbocycles. The molecule has 2 aliphatic rings. The smallest absolute Gasteiger partial charge is 0.146 e. The van der Waals surface area contributed by atoms with E-state index in [9.17, 15) is 4.39 Å². The van der Waals surface area contributed by atoms with E-state index in [1.165, 1.54) is 32.1 Å². The summed E-state index contributed by atoms with van der Waals surface area (Å²) in [6.45, 7) is 4.22. The maximum Gasteiger partial charge on any atom is 0.146 e. The minimum absolute atomic E-state index is 0.0341. The number of halogens is 1. The van der Waals surface area contributed by atoms with Crippen molar-refractivity contribution in [1.82, 2.24) is 5.32 Å². The number of piperidine rings is 2. The first-order chi connectivity index (χ1) is 9.83. The van der Waals surface area contributed by atoms with Crippen LogP contribution in [-0.4, -0.2) is 26.2 Å². The van der Waals surface area contributed by atoms with E-state index < -0.39 is 0 Å². The molecule has 0 saturated carbocycles. The van der Waals surface area contributed by atoms with Gasteiger partial charge in [-0.25, -0.2) is 4.39 Å². The van der Waals surface area contributed by atoms with Gasteiger partial charge in [-0.1, -0.05) is 6.07 Å². The van der Waals surface area contributed by atoms with Crippen LogP contribution in [0.15, 0.2) is 18.2 Å². The summed E-state index contributed by atoms with van der Waals surface area (Å²) in [5, 5.41) is 3.43. The molecule has 2 nitrogen and oxygen atoms in total. The largest absolute Gasteiger partial charge is 0.369 e. The lowest BCUT2D eigenvalue weighted by atomic mass is 9.92. The van der Waals surface area contributed by atoms with Gasteiger partial charge in [0.1, 0.15) is 5.82 Å². The Morgan fingerprint density at radius 2 is 2.00 bits per heavy atom. The van der Waals surface area contributed by atoms with Gasteiger partial charge in [0.2, 0.25) is 0 Å². The van der Waals surface area contributed by atoms with Gasteiger partial charge in [0.05, 0.1) is 5.69 Å². The molecule has 0 spiro atoms. The molecular formula is C17H25FN2. The first-order valence-electron chi connectivity index (χ1n) is 8.07. The van der Waals surface area contributed by atoms with Crippen LogP contribution in [-0.2, 0) is 6.42 Å². The van der Waals surface area contributed by atoms with Gasteiger partial charge in [0, 0.05) is 13.1 Å². The Labute approximate surface area is 121 Å². The van der Waals surface area contributed by atoms with E-state index in [1.807, 2.05) is 6.07 Å². The molecule has 1 N–H and O–H groups in total. The zero-order chi connectivity index (χ0) is 13.8. The third-order valence-electron chi connectivity index (χ3n) is 4.63. The molecular weight excluding hydrogens is 251 g/mol. The summed E-state index contributed by atoms with van der Waals surface area (Å²) < 4.78 is 14.3. The number of nitrogens with one attached hydrogen (secondary N) is 1. The maximum atomic E-state index is 14.3. The van der Waals surface area contributed by atoms with Crippen molar-refractivity contribution >= 4 is 5.69 Å². The highest BCUT2D eigenvalue weighted by Gasteiger charge is 2.17. The molecule has 3 rings (SSSR count). The lowest BCUT2D eigenvalue weighted by molar-refractivity contribution is 0.375. The summed E-state index contributed by atoms with van der Waals surface area (Å²) in [7, 11) is 0. The van der Waals surface area contributed by atoms with Gasteiger partial charge in [-0.15, -0.1) is 0 Å². The second kappa shape index (κ2) is 6.57. The van der Waals surface area contributed by atoms with Crippen molar-refractivity contribution in [2.75, 3.05) is 31.1 Å². The molecule has 1 aromatic carbocycles. The Morgan fingerprint density at radius 3 is 2.70 bits per heavy atom. The molecule has 1 atom stereocenters. The number of hydrogen-bond donors (Lipinski definition) is 1. The fourth-order valence-electron chi connectivity index (χ4n) is 3.50. The van der Waals surface area contributed by atoms with Crippen LogP contribution in [0.5, 0.6) is 0 Å². The van der Waals surface area contributed by atoms with Gasteiger partial charge >= 0.3 is 0 Å². The molecule has 110 valence electrons. The standard InChI is InChI=1S/C17H25FN2/c18-16-12-14(11-15-5-4-8-19-13-15)6-7-17(16)20-9-2-1-3-10-20/h6-7,12,15,19H,1-5,8-11,13H2. The van der Waals surface area contributed by atoms with E-state index in [4.69, 9.17) is 0 Å². The zero-order valence-electron chi connectivity index (χ0n) is 12.2. The van der Waals surface area contributed by atoms with Crippen LogP contribution in [0.4, 0.5) is 10.1 Å². The fraction of sp³-hybridized carbons (Fsp3) is 0.647. The quantitative estimate of drug-likeness (QED) is 0.910. The summed E-state index contributed by atoms with van der Waals surface area (Å²) >= 11 is 0. The minimum atomic E-state index is -0.0341. The van der Waals surface area contributed by atoms with E-state index in [0.717, 1.165) is 43.9 Å². The van der Waals surface area contributed by atoms with E-state index >= 15 is 0 Å². The van der Waals surface area contributed by atoms with Crippen molar-refractivity contribution < 1.29 is 4.39 Å². The second-order valence-electron chi connectivity index (χ2n) is 6.25. The van der Waals surface area contributed by atoms with E-state index in [-0.39, 0.29) is 5.82 Å². The monoisotopic (exact) mass is 276 g/mol. The molecule has 1 aromatic rings. The normalized spacial score (nSPS) is 23.9. The van der Waals surface area contributed by atoms with Crippen LogP contribution in [0.3, 0.4) is 0 Å². The molecule has 3 heteroatoms. The minimum Gasteiger partial charge on any atom is -0.369 e. The molecule has 2 fully saturated rings. The zero-order valence-corrected chi connectivity index (χ0v) is 12.2. The van der Waals surface area contributed by atoms with Gasteiger partial charge in [-0.05, 0) is 75.2 Å². The summed E-state index contributed by atoms with van der Waals surface area (Å²) in [5.74, 6) is 0.636. The molecule has 1 unspecified atom stereocenters. The lowest BCUT2D eigenvalue weighted by Gasteiger charge is -2.29. The fourth-order valence-corrected chi connectivity index (χ4v) is 3.50. The average Bonchev–Trinajstić information content (AvgIpc) is 2.49. The van der Waals surface area contributed by atoms with Gasteiger partial charge in [-0.2, -0.15) is 0 Å². The number of anilines is 1. The number of hydrogen-bond acceptors (Lipinski definition) is 2. The van der Waals surface area contributed by atoms with Crippen LogP contribution in [0.25, 0.3) is 0 Å². The first kappa shape index (κ1) is 13.9. The highest BCUT2D eigenvalue weighted by molar-refractivity contribution is 5.49. The van der Waals surface area contributed by atoms with Crippen LogP contribution in [0, 0.1) is 11.7 Å². The predicted molar refractivity (Wildman–Crippen MR) is 81.8 cm³/mol. The van der Waals surface area contributed by atoms with Crippen LogP contribution in [0.1, 0.15) is 37.7 Å².